The molecule has 0 saturated carbocycles. The van der Waals surface area contributed by atoms with Crippen molar-refractivity contribution in [2.45, 2.75) is 105 Å². The Kier molecular flexibility index (Phi) is 12.5. The number of unbranched alkanes of at least 4 members (excludes halogenated alkanes) is 8. The SMILES string of the molecule is CCCCCCCCCCCc1ccc(-c2ccc(OC(=O)C(C)(C#N)CC(C)CC)cc2)nc1. The lowest BCUT2D eigenvalue weighted by atomic mass is 9.82. The molecular weight excluding hydrogens is 432 g/mol. The zero-order chi connectivity index (χ0) is 25.5. The molecule has 0 amide bonds. The monoisotopic (exact) mass is 476 g/mol. The van der Waals surface area contributed by atoms with E-state index in [2.05, 4.69) is 37.0 Å². The van der Waals surface area contributed by atoms with Crippen molar-refractivity contribution in [3.05, 3.63) is 48.2 Å². The predicted molar refractivity (Wildman–Crippen MR) is 144 cm³/mol. The molecule has 4 nitrogen and oxygen atoms in total. The average Bonchev–Trinajstić information content (AvgIpc) is 2.88. The van der Waals surface area contributed by atoms with Crippen LogP contribution in [0.3, 0.4) is 0 Å². The molecular formula is C31H44N2O2. The molecule has 1 aromatic carbocycles. The second-order valence-electron chi connectivity index (χ2n) is 10.2. The second kappa shape index (κ2) is 15.4. The van der Waals surface area contributed by atoms with Crippen LogP contribution in [-0.2, 0) is 11.2 Å². The maximum atomic E-state index is 12.6. The zero-order valence-corrected chi connectivity index (χ0v) is 22.3. The standard InChI is InChI=1S/C31H44N2O2/c1-5-7-8-9-10-11-12-13-14-15-26-16-21-29(33-23-26)27-17-19-28(20-18-27)35-30(34)31(4,24-32)22-25(3)6-2/h16-21,23,25H,5-15,22H2,1-4H3. The van der Waals surface area contributed by atoms with Gasteiger partial charge >= 0.3 is 5.97 Å². The fourth-order valence-electron chi connectivity index (χ4n) is 4.31. The summed E-state index contributed by atoms with van der Waals surface area (Å²) in [5.74, 6) is 0.238. The van der Waals surface area contributed by atoms with Crippen LogP contribution in [0, 0.1) is 22.7 Å². The molecule has 0 fully saturated rings. The van der Waals surface area contributed by atoms with E-state index >= 15 is 0 Å². The number of nitriles is 1. The zero-order valence-electron chi connectivity index (χ0n) is 22.3. The lowest BCUT2D eigenvalue weighted by Crippen LogP contribution is -2.32. The third-order valence-electron chi connectivity index (χ3n) is 6.91. The molecule has 0 aliphatic heterocycles. The number of nitrogens with zero attached hydrogens (tertiary/aromatic N) is 2. The third kappa shape index (κ3) is 9.84. The van der Waals surface area contributed by atoms with E-state index in [0.717, 1.165) is 24.1 Å². The molecule has 2 rings (SSSR count). The van der Waals surface area contributed by atoms with Crippen LogP contribution in [0.25, 0.3) is 11.3 Å². The van der Waals surface area contributed by atoms with Crippen LogP contribution in [0.4, 0.5) is 0 Å². The first-order valence-corrected chi connectivity index (χ1v) is 13.6. The lowest BCUT2D eigenvalue weighted by Gasteiger charge is -2.22. The van der Waals surface area contributed by atoms with E-state index in [-0.39, 0.29) is 5.92 Å². The van der Waals surface area contributed by atoms with Crippen LogP contribution in [0.5, 0.6) is 5.75 Å². The normalized spacial score (nSPS) is 13.6. The van der Waals surface area contributed by atoms with Crippen molar-refractivity contribution in [3.63, 3.8) is 0 Å². The molecule has 1 heterocycles. The van der Waals surface area contributed by atoms with Crippen LogP contribution in [-0.4, -0.2) is 11.0 Å². The number of rotatable bonds is 16. The number of aryl methyl sites for hydroxylation is 1. The van der Waals surface area contributed by atoms with Gasteiger partial charge in [0.05, 0.1) is 11.8 Å². The minimum absolute atomic E-state index is 0.281. The lowest BCUT2D eigenvalue weighted by molar-refractivity contribution is -0.142. The number of carbonyl (C=O) groups excluding carboxylic acids is 1. The molecule has 2 unspecified atom stereocenters. The Morgan fingerprint density at radius 3 is 2.14 bits per heavy atom. The molecule has 0 aliphatic rings. The van der Waals surface area contributed by atoms with Crippen LogP contribution in [0.15, 0.2) is 42.6 Å². The predicted octanol–water partition coefficient (Wildman–Crippen LogP) is 8.69. The van der Waals surface area contributed by atoms with Gasteiger partial charge in [-0.3, -0.25) is 4.98 Å². The van der Waals surface area contributed by atoms with Crippen molar-refractivity contribution in [2.24, 2.45) is 11.3 Å². The summed E-state index contributed by atoms with van der Waals surface area (Å²) in [5.41, 5.74) is 2.01. The van der Waals surface area contributed by atoms with Crippen LogP contribution in [0.2, 0.25) is 0 Å². The van der Waals surface area contributed by atoms with Gasteiger partial charge in [-0.2, -0.15) is 5.26 Å². The fraction of sp³-hybridized carbons (Fsp3) is 0.581. The maximum Gasteiger partial charge on any atom is 0.331 e. The summed E-state index contributed by atoms with van der Waals surface area (Å²) < 4.78 is 5.54. The number of hydrogen-bond acceptors (Lipinski definition) is 4. The summed E-state index contributed by atoms with van der Waals surface area (Å²) in [4.78, 5) is 17.3. The summed E-state index contributed by atoms with van der Waals surface area (Å²) in [6, 6.07) is 13.7. The van der Waals surface area contributed by atoms with Crippen molar-refractivity contribution in [3.8, 4) is 23.1 Å². The largest absolute Gasteiger partial charge is 0.425 e. The van der Waals surface area contributed by atoms with Crippen LogP contribution in [0.1, 0.15) is 104 Å². The van der Waals surface area contributed by atoms with Gasteiger partial charge in [0.15, 0.2) is 5.41 Å². The Morgan fingerprint density at radius 1 is 0.971 bits per heavy atom. The van der Waals surface area contributed by atoms with Gasteiger partial charge in [-0.25, -0.2) is 4.79 Å². The van der Waals surface area contributed by atoms with Gasteiger partial charge in [-0.15, -0.1) is 0 Å². The summed E-state index contributed by atoms with van der Waals surface area (Å²) in [6.45, 7) is 8.03. The molecule has 35 heavy (non-hydrogen) atoms. The van der Waals surface area contributed by atoms with E-state index in [0.29, 0.717) is 12.2 Å². The number of aromatic nitrogens is 1. The molecule has 0 saturated heterocycles. The molecule has 0 N–H and O–H groups in total. The highest BCUT2D eigenvalue weighted by Crippen LogP contribution is 2.30. The van der Waals surface area contributed by atoms with E-state index in [4.69, 9.17) is 4.74 Å². The fourth-order valence-corrected chi connectivity index (χ4v) is 4.31. The third-order valence-corrected chi connectivity index (χ3v) is 6.91. The topological polar surface area (TPSA) is 63.0 Å². The summed E-state index contributed by atoms with van der Waals surface area (Å²) in [7, 11) is 0. The maximum absolute atomic E-state index is 12.6. The minimum atomic E-state index is -1.14. The van der Waals surface area contributed by atoms with Crippen molar-refractivity contribution in [1.29, 1.82) is 5.26 Å². The van der Waals surface area contributed by atoms with E-state index < -0.39 is 11.4 Å². The molecule has 2 aromatic rings. The molecule has 1 aromatic heterocycles. The summed E-state index contributed by atoms with van der Waals surface area (Å²) in [5, 5.41) is 9.56. The van der Waals surface area contributed by atoms with E-state index in [1.807, 2.05) is 25.3 Å². The Bertz CT molecular complexity index is 914. The van der Waals surface area contributed by atoms with Gasteiger partial charge in [0.1, 0.15) is 5.75 Å². The average molecular weight is 477 g/mol. The first-order valence-electron chi connectivity index (χ1n) is 13.6. The van der Waals surface area contributed by atoms with Gasteiger partial charge < -0.3 is 4.74 Å². The highest BCUT2D eigenvalue weighted by Gasteiger charge is 2.36. The Labute approximate surface area is 213 Å². The molecule has 0 aliphatic carbocycles. The number of pyridine rings is 1. The molecule has 190 valence electrons. The summed E-state index contributed by atoms with van der Waals surface area (Å²) in [6.07, 6.45) is 16.5. The van der Waals surface area contributed by atoms with Crippen LogP contribution >= 0.6 is 0 Å². The highest BCUT2D eigenvalue weighted by molar-refractivity contribution is 5.81. The molecule has 4 heteroatoms. The van der Waals surface area contributed by atoms with Crippen molar-refractivity contribution >= 4 is 5.97 Å². The number of benzene rings is 1. The Hall–Kier alpha value is -2.67. The number of ether oxygens (including phenoxy) is 1. The number of carbonyl (C=O) groups is 1. The Balaban J connectivity index is 1.80. The minimum Gasteiger partial charge on any atom is -0.425 e. The molecule has 0 spiro atoms. The van der Waals surface area contributed by atoms with Gasteiger partial charge in [-0.05, 0) is 68.0 Å². The van der Waals surface area contributed by atoms with Gasteiger partial charge in [0.2, 0.25) is 0 Å². The first kappa shape index (κ1) is 28.6. The van der Waals surface area contributed by atoms with Gasteiger partial charge in [0.25, 0.3) is 0 Å². The second-order valence-corrected chi connectivity index (χ2v) is 10.2. The van der Waals surface area contributed by atoms with Gasteiger partial charge in [0, 0.05) is 11.8 Å². The first-order chi connectivity index (χ1) is 16.9. The van der Waals surface area contributed by atoms with E-state index in [9.17, 15) is 10.1 Å². The highest BCUT2D eigenvalue weighted by atomic mass is 16.5. The van der Waals surface area contributed by atoms with Gasteiger partial charge in [-0.1, -0.05) is 84.6 Å². The molecule has 0 bridgehead atoms. The van der Waals surface area contributed by atoms with Crippen LogP contribution < -0.4 is 4.74 Å². The quantitative estimate of drug-likeness (QED) is 0.138. The van der Waals surface area contributed by atoms with Crippen molar-refractivity contribution in [1.82, 2.24) is 4.98 Å². The van der Waals surface area contributed by atoms with E-state index in [1.54, 1.807) is 19.1 Å². The van der Waals surface area contributed by atoms with E-state index in [1.165, 1.54) is 63.4 Å². The Morgan fingerprint density at radius 2 is 1.60 bits per heavy atom. The van der Waals surface area contributed by atoms with Crippen molar-refractivity contribution < 1.29 is 9.53 Å². The van der Waals surface area contributed by atoms with Crippen molar-refractivity contribution in [2.75, 3.05) is 0 Å². The molecule has 2 atom stereocenters. The molecule has 0 radical (unpaired) electrons. The smallest absolute Gasteiger partial charge is 0.331 e. The number of esters is 1. The number of hydrogen-bond donors (Lipinski definition) is 0. The summed E-state index contributed by atoms with van der Waals surface area (Å²) >= 11 is 0.